The quantitative estimate of drug-likeness (QED) is 0.773. The predicted octanol–water partition coefficient (Wildman–Crippen LogP) is 3.59. The lowest BCUT2D eigenvalue weighted by Crippen LogP contribution is -2.50. The van der Waals surface area contributed by atoms with Crippen molar-refractivity contribution in [3.05, 3.63) is 66.2 Å². The van der Waals surface area contributed by atoms with Crippen LogP contribution in [0.15, 0.2) is 60.7 Å². The monoisotopic (exact) mass is 352 g/mol. The molecule has 2 aromatic carbocycles. The summed E-state index contributed by atoms with van der Waals surface area (Å²) in [5.41, 5.74) is 2.40. The van der Waals surface area contributed by atoms with Gasteiger partial charge in [-0.15, -0.1) is 0 Å². The SMILES string of the molecule is CCOC(=O)[C@H]1CN(CCc2ccccc2)CC[C@H]1Nc1ccccc1. The molecule has 1 heterocycles. The van der Waals surface area contributed by atoms with Gasteiger partial charge in [-0.1, -0.05) is 48.5 Å². The van der Waals surface area contributed by atoms with Crippen molar-refractivity contribution in [3.63, 3.8) is 0 Å². The Morgan fingerprint density at radius 1 is 1.12 bits per heavy atom. The second kappa shape index (κ2) is 9.39. The van der Waals surface area contributed by atoms with E-state index in [1.807, 2.05) is 43.3 Å². The second-order valence-corrected chi connectivity index (χ2v) is 6.80. The van der Waals surface area contributed by atoms with Crippen molar-refractivity contribution in [3.8, 4) is 0 Å². The summed E-state index contributed by atoms with van der Waals surface area (Å²) in [6, 6.07) is 20.7. The topological polar surface area (TPSA) is 41.6 Å². The van der Waals surface area contributed by atoms with Gasteiger partial charge in [-0.25, -0.2) is 0 Å². The van der Waals surface area contributed by atoms with Crippen LogP contribution < -0.4 is 5.32 Å². The van der Waals surface area contributed by atoms with Gasteiger partial charge in [-0.05, 0) is 37.5 Å². The van der Waals surface area contributed by atoms with Gasteiger partial charge in [0.1, 0.15) is 0 Å². The third-order valence-corrected chi connectivity index (χ3v) is 4.97. The average Bonchev–Trinajstić information content (AvgIpc) is 2.69. The highest BCUT2D eigenvalue weighted by atomic mass is 16.5. The number of carbonyl (C=O) groups excluding carboxylic acids is 1. The van der Waals surface area contributed by atoms with Gasteiger partial charge < -0.3 is 15.0 Å². The number of likely N-dealkylation sites (tertiary alicyclic amines) is 1. The third-order valence-electron chi connectivity index (χ3n) is 4.97. The van der Waals surface area contributed by atoms with E-state index in [0.717, 1.165) is 38.2 Å². The Hall–Kier alpha value is -2.33. The first-order chi connectivity index (χ1) is 12.8. The first-order valence-corrected chi connectivity index (χ1v) is 9.50. The molecule has 138 valence electrons. The summed E-state index contributed by atoms with van der Waals surface area (Å²) < 4.78 is 5.35. The van der Waals surface area contributed by atoms with Crippen LogP contribution >= 0.6 is 0 Å². The number of nitrogens with zero attached hydrogens (tertiary/aromatic N) is 1. The van der Waals surface area contributed by atoms with Crippen molar-refractivity contribution in [1.82, 2.24) is 4.90 Å². The molecule has 0 amide bonds. The summed E-state index contributed by atoms with van der Waals surface area (Å²) in [4.78, 5) is 14.9. The maximum Gasteiger partial charge on any atom is 0.312 e. The molecule has 26 heavy (non-hydrogen) atoms. The molecular weight excluding hydrogens is 324 g/mol. The molecule has 4 heteroatoms. The van der Waals surface area contributed by atoms with E-state index in [0.29, 0.717) is 6.61 Å². The third kappa shape index (κ3) is 5.09. The van der Waals surface area contributed by atoms with Gasteiger partial charge in [0.2, 0.25) is 0 Å². The Morgan fingerprint density at radius 2 is 1.81 bits per heavy atom. The van der Waals surface area contributed by atoms with Gasteiger partial charge in [0.05, 0.1) is 12.5 Å². The zero-order valence-corrected chi connectivity index (χ0v) is 15.4. The molecule has 0 aliphatic carbocycles. The number of piperidine rings is 1. The molecule has 2 aromatic rings. The Balaban J connectivity index is 1.62. The fourth-order valence-corrected chi connectivity index (χ4v) is 3.56. The normalized spacial score (nSPS) is 20.5. The van der Waals surface area contributed by atoms with Gasteiger partial charge in [-0.3, -0.25) is 4.79 Å². The summed E-state index contributed by atoms with van der Waals surface area (Å²) in [5.74, 6) is -0.231. The molecule has 1 saturated heterocycles. The van der Waals surface area contributed by atoms with E-state index >= 15 is 0 Å². The minimum absolute atomic E-state index is 0.0923. The highest BCUT2D eigenvalue weighted by Crippen LogP contribution is 2.23. The summed E-state index contributed by atoms with van der Waals surface area (Å²) in [5, 5.41) is 3.54. The van der Waals surface area contributed by atoms with Crippen molar-refractivity contribution in [2.24, 2.45) is 5.92 Å². The van der Waals surface area contributed by atoms with Crippen molar-refractivity contribution in [2.45, 2.75) is 25.8 Å². The van der Waals surface area contributed by atoms with E-state index in [-0.39, 0.29) is 17.9 Å². The molecule has 0 radical (unpaired) electrons. The van der Waals surface area contributed by atoms with Crippen molar-refractivity contribution < 1.29 is 9.53 Å². The fourth-order valence-electron chi connectivity index (χ4n) is 3.56. The number of benzene rings is 2. The van der Waals surface area contributed by atoms with Crippen LogP contribution in [-0.2, 0) is 16.0 Å². The molecule has 0 bridgehead atoms. The molecule has 1 aliphatic heterocycles. The van der Waals surface area contributed by atoms with E-state index in [1.54, 1.807) is 0 Å². The van der Waals surface area contributed by atoms with Crippen molar-refractivity contribution in [2.75, 3.05) is 31.6 Å². The molecule has 0 unspecified atom stereocenters. The Morgan fingerprint density at radius 3 is 2.50 bits per heavy atom. The molecule has 3 rings (SSSR count). The van der Waals surface area contributed by atoms with Gasteiger partial charge in [0, 0.05) is 31.4 Å². The molecule has 1 fully saturated rings. The minimum Gasteiger partial charge on any atom is -0.466 e. The van der Waals surface area contributed by atoms with Crippen molar-refractivity contribution in [1.29, 1.82) is 0 Å². The lowest BCUT2D eigenvalue weighted by atomic mass is 9.91. The van der Waals surface area contributed by atoms with Gasteiger partial charge in [-0.2, -0.15) is 0 Å². The maximum atomic E-state index is 12.5. The lowest BCUT2D eigenvalue weighted by molar-refractivity contribution is -0.150. The number of hydrogen-bond donors (Lipinski definition) is 1. The van der Waals surface area contributed by atoms with Gasteiger partial charge >= 0.3 is 5.97 Å². The smallest absolute Gasteiger partial charge is 0.312 e. The molecular formula is C22H28N2O2. The van der Waals surface area contributed by atoms with Crippen LogP contribution in [0.5, 0.6) is 0 Å². The van der Waals surface area contributed by atoms with Crippen LogP contribution in [0.1, 0.15) is 18.9 Å². The Kier molecular flexibility index (Phi) is 6.67. The first-order valence-electron chi connectivity index (χ1n) is 9.50. The van der Waals surface area contributed by atoms with Gasteiger partial charge in [0.25, 0.3) is 0 Å². The number of anilines is 1. The predicted molar refractivity (Wildman–Crippen MR) is 105 cm³/mol. The van der Waals surface area contributed by atoms with Gasteiger partial charge in [0.15, 0.2) is 0 Å². The summed E-state index contributed by atoms with van der Waals surface area (Å²) in [6.07, 6.45) is 1.94. The molecule has 2 atom stereocenters. The molecule has 4 nitrogen and oxygen atoms in total. The van der Waals surface area contributed by atoms with Crippen LogP contribution in [-0.4, -0.2) is 43.2 Å². The van der Waals surface area contributed by atoms with Crippen LogP contribution in [0.3, 0.4) is 0 Å². The molecule has 0 aromatic heterocycles. The van der Waals surface area contributed by atoms with E-state index in [4.69, 9.17) is 4.74 Å². The lowest BCUT2D eigenvalue weighted by Gasteiger charge is -2.38. The van der Waals surface area contributed by atoms with E-state index < -0.39 is 0 Å². The van der Waals surface area contributed by atoms with Crippen LogP contribution in [0.4, 0.5) is 5.69 Å². The number of ether oxygens (including phenoxy) is 1. The number of nitrogens with one attached hydrogen (secondary N) is 1. The Labute approximate surface area is 156 Å². The fraction of sp³-hybridized carbons (Fsp3) is 0.409. The highest BCUT2D eigenvalue weighted by molar-refractivity contribution is 5.74. The summed E-state index contributed by atoms with van der Waals surface area (Å²) in [7, 11) is 0. The minimum atomic E-state index is -0.139. The highest BCUT2D eigenvalue weighted by Gasteiger charge is 2.35. The number of rotatable bonds is 7. The molecule has 0 saturated carbocycles. The van der Waals surface area contributed by atoms with E-state index in [1.165, 1.54) is 5.56 Å². The Bertz CT molecular complexity index is 675. The van der Waals surface area contributed by atoms with Crippen LogP contribution in [0.25, 0.3) is 0 Å². The van der Waals surface area contributed by atoms with Crippen LogP contribution in [0.2, 0.25) is 0 Å². The maximum absolute atomic E-state index is 12.5. The second-order valence-electron chi connectivity index (χ2n) is 6.80. The molecule has 1 aliphatic rings. The number of esters is 1. The van der Waals surface area contributed by atoms with Crippen molar-refractivity contribution >= 4 is 11.7 Å². The van der Waals surface area contributed by atoms with E-state index in [9.17, 15) is 4.79 Å². The summed E-state index contributed by atoms with van der Waals surface area (Å²) >= 11 is 0. The standard InChI is InChI=1S/C22H28N2O2/c1-2-26-22(25)20-17-24(15-13-18-9-5-3-6-10-18)16-14-21(20)23-19-11-7-4-8-12-19/h3-12,20-21,23H,2,13-17H2,1H3/t20-,21+/m0/s1. The zero-order valence-electron chi connectivity index (χ0n) is 15.4. The van der Waals surface area contributed by atoms with E-state index in [2.05, 4.69) is 34.5 Å². The molecule has 1 N–H and O–H groups in total. The average molecular weight is 352 g/mol. The largest absolute Gasteiger partial charge is 0.466 e. The summed E-state index contributed by atoms with van der Waals surface area (Å²) in [6.45, 7) is 5.01. The zero-order chi connectivity index (χ0) is 18.2. The number of para-hydroxylation sites is 1. The van der Waals surface area contributed by atoms with Crippen LogP contribution in [0, 0.1) is 5.92 Å². The number of hydrogen-bond acceptors (Lipinski definition) is 4. The number of carbonyl (C=O) groups is 1. The molecule has 0 spiro atoms. The first kappa shape index (κ1) is 18.5.